The van der Waals surface area contributed by atoms with Crippen LogP contribution in [0.25, 0.3) is 0 Å². The molecule has 8 heteroatoms. The van der Waals surface area contributed by atoms with Gasteiger partial charge < -0.3 is 8.83 Å². The smallest absolute Gasteiger partial charge is 0.276 e. The zero-order valence-electron chi connectivity index (χ0n) is 18.3. The van der Waals surface area contributed by atoms with Crippen LogP contribution in [0, 0.1) is 0 Å². The van der Waals surface area contributed by atoms with E-state index in [9.17, 15) is 0 Å². The minimum absolute atomic E-state index is 0.586. The van der Waals surface area contributed by atoms with E-state index in [0.717, 1.165) is 22.6 Å². The van der Waals surface area contributed by atoms with Crippen molar-refractivity contribution in [2.45, 2.75) is 34.8 Å². The summed E-state index contributed by atoms with van der Waals surface area (Å²) < 4.78 is 11.6. The van der Waals surface area contributed by atoms with Gasteiger partial charge in [0.15, 0.2) is 0 Å². The lowest BCUT2D eigenvalue weighted by atomic mass is 10.2. The van der Waals surface area contributed by atoms with Crippen molar-refractivity contribution in [3.63, 3.8) is 0 Å². The van der Waals surface area contributed by atoms with E-state index in [2.05, 4.69) is 68.9 Å². The topological polar surface area (TPSA) is 77.8 Å². The van der Waals surface area contributed by atoms with E-state index in [4.69, 9.17) is 8.83 Å². The van der Waals surface area contributed by atoms with Gasteiger partial charge in [0.25, 0.3) is 10.4 Å². The summed E-state index contributed by atoms with van der Waals surface area (Å²) in [6.45, 7) is 0. The first-order valence-electron chi connectivity index (χ1n) is 10.9. The molecule has 0 bridgehead atoms. The summed E-state index contributed by atoms with van der Waals surface area (Å²) in [4.78, 5) is 0. The summed E-state index contributed by atoms with van der Waals surface area (Å²) in [5.41, 5.74) is 4.70. The fraction of sp³-hybridized carbons (Fsp3) is 0.154. The standard InChI is InChI=1S/C26H22N4O2S2/c1-3-8-19(9-4-1)15-23-27-29-25(31-23)33-17-21-12-7-13-22(14-21)18-34-26-30-28-24(32-26)16-20-10-5-2-6-11-20/h1-14H,15-18H2. The van der Waals surface area contributed by atoms with Crippen molar-refractivity contribution in [1.82, 2.24) is 20.4 Å². The second-order valence-electron chi connectivity index (χ2n) is 7.65. The Hall–Kier alpha value is -3.36. The largest absolute Gasteiger partial charge is 0.416 e. The van der Waals surface area contributed by atoms with Gasteiger partial charge in [0, 0.05) is 11.5 Å². The SMILES string of the molecule is c1ccc(Cc2nnc(SCc3cccc(CSc4nnc(Cc5ccccc5)o4)c3)o2)cc1. The number of rotatable bonds is 10. The van der Waals surface area contributed by atoms with E-state index in [1.54, 1.807) is 23.5 Å². The molecule has 0 saturated heterocycles. The van der Waals surface area contributed by atoms with Crippen LogP contribution in [-0.4, -0.2) is 20.4 Å². The number of nitrogens with zero attached hydrogens (tertiary/aromatic N) is 4. The number of benzene rings is 3. The van der Waals surface area contributed by atoms with Crippen LogP contribution in [0.2, 0.25) is 0 Å². The summed E-state index contributed by atoms with van der Waals surface area (Å²) in [6, 6.07) is 28.7. The Kier molecular flexibility index (Phi) is 7.37. The molecule has 0 unspecified atom stereocenters. The van der Waals surface area contributed by atoms with Crippen molar-refractivity contribution in [2.24, 2.45) is 0 Å². The third-order valence-corrected chi connectivity index (χ3v) is 6.79. The van der Waals surface area contributed by atoms with E-state index in [-0.39, 0.29) is 0 Å². The van der Waals surface area contributed by atoms with Crippen molar-refractivity contribution in [1.29, 1.82) is 0 Å². The lowest BCUT2D eigenvalue weighted by molar-refractivity contribution is 0.420. The van der Waals surface area contributed by atoms with Crippen LogP contribution in [0.3, 0.4) is 0 Å². The molecule has 0 N–H and O–H groups in total. The molecular weight excluding hydrogens is 464 g/mol. The first-order chi connectivity index (χ1) is 16.8. The molecular formula is C26H22N4O2S2. The van der Waals surface area contributed by atoms with E-state index in [1.165, 1.54) is 11.1 Å². The quantitative estimate of drug-likeness (QED) is 0.215. The average molecular weight is 487 g/mol. The second kappa shape index (κ2) is 11.2. The van der Waals surface area contributed by atoms with Crippen LogP contribution < -0.4 is 0 Å². The Morgan fingerprint density at radius 3 is 1.41 bits per heavy atom. The summed E-state index contributed by atoms with van der Waals surface area (Å²) in [7, 11) is 0. The third kappa shape index (κ3) is 6.36. The molecule has 0 spiro atoms. The Labute approximate surface area is 206 Å². The van der Waals surface area contributed by atoms with Crippen LogP contribution in [-0.2, 0) is 24.3 Å². The Balaban J connectivity index is 1.12. The minimum atomic E-state index is 0.586. The molecule has 6 nitrogen and oxygen atoms in total. The maximum absolute atomic E-state index is 5.80. The van der Waals surface area contributed by atoms with E-state index in [0.29, 0.717) is 35.1 Å². The molecule has 0 aliphatic heterocycles. The molecule has 0 aliphatic carbocycles. The van der Waals surface area contributed by atoms with Crippen LogP contribution in [0.1, 0.15) is 34.0 Å². The van der Waals surface area contributed by atoms with Gasteiger partial charge in [-0.05, 0) is 22.3 Å². The fourth-order valence-corrected chi connectivity index (χ4v) is 4.82. The fourth-order valence-electron chi connectivity index (χ4n) is 3.38. The molecule has 0 aliphatic rings. The van der Waals surface area contributed by atoms with Crippen molar-refractivity contribution in [3.8, 4) is 0 Å². The maximum Gasteiger partial charge on any atom is 0.276 e. The number of hydrogen-bond acceptors (Lipinski definition) is 8. The average Bonchev–Trinajstić information content (AvgIpc) is 3.52. The predicted molar refractivity (Wildman–Crippen MR) is 133 cm³/mol. The van der Waals surface area contributed by atoms with Gasteiger partial charge in [0.1, 0.15) is 0 Å². The van der Waals surface area contributed by atoms with Crippen molar-refractivity contribution in [2.75, 3.05) is 0 Å². The zero-order chi connectivity index (χ0) is 23.0. The molecule has 0 atom stereocenters. The van der Waals surface area contributed by atoms with Gasteiger partial charge in [0.05, 0.1) is 12.8 Å². The van der Waals surface area contributed by atoms with Gasteiger partial charge >= 0.3 is 0 Å². The maximum atomic E-state index is 5.80. The third-order valence-electron chi connectivity index (χ3n) is 5.01. The van der Waals surface area contributed by atoms with Gasteiger partial charge in [-0.3, -0.25) is 0 Å². The number of thioether (sulfide) groups is 2. The van der Waals surface area contributed by atoms with Crippen molar-refractivity contribution >= 4 is 23.5 Å². The monoisotopic (exact) mass is 486 g/mol. The van der Waals surface area contributed by atoms with Gasteiger partial charge in [-0.1, -0.05) is 108 Å². The lowest BCUT2D eigenvalue weighted by Crippen LogP contribution is -1.87. The molecule has 0 fully saturated rings. The molecule has 2 aromatic heterocycles. The van der Waals surface area contributed by atoms with Crippen molar-refractivity contribution in [3.05, 3.63) is 119 Å². The van der Waals surface area contributed by atoms with Crippen molar-refractivity contribution < 1.29 is 8.83 Å². The highest BCUT2D eigenvalue weighted by Gasteiger charge is 2.10. The number of aromatic nitrogens is 4. The Morgan fingerprint density at radius 1 is 0.500 bits per heavy atom. The molecule has 3 aromatic carbocycles. The van der Waals surface area contributed by atoms with Crippen LogP contribution >= 0.6 is 23.5 Å². The summed E-state index contributed by atoms with van der Waals surface area (Å²) in [5.74, 6) is 2.77. The minimum Gasteiger partial charge on any atom is -0.416 e. The van der Waals surface area contributed by atoms with Crippen LogP contribution in [0.5, 0.6) is 0 Å². The van der Waals surface area contributed by atoms with E-state index >= 15 is 0 Å². The van der Waals surface area contributed by atoms with Gasteiger partial charge in [-0.25, -0.2) is 0 Å². The zero-order valence-corrected chi connectivity index (χ0v) is 20.0. The van der Waals surface area contributed by atoms with Crippen LogP contribution in [0.4, 0.5) is 0 Å². The molecule has 0 radical (unpaired) electrons. The molecule has 34 heavy (non-hydrogen) atoms. The van der Waals surface area contributed by atoms with Gasteiger partial charge in [-0.15, -0.1) is 20.4 Å². The van der Waals surface area contributed by atoms with E-state index < -0.39 is 0 Å². The Bertz CT molecular complexity index is 1220. The molecule has 0 saturated carbocycles. The van der Waals surface area contributed by atoms with Crippen LogP contribution in [0.15, 0.2) is 104 Å². The highest BCUT2D eigenvalue weighted by atomic mass is 32.2. The van der Waals surface area contributed by atoms with Gasteiger partial charge in [-0.2, -0.15) is 0 Å². The molecule has 5 aromatic rings. The second-order valence-corrected chi connectivity index (χ2v) is 9.50. The first kappa shape index (κ1) is 22.4. The molecule has 170 valence electrons. The normalized spacial score (nSPS) is 11.1. The highest BCUT2D eigenvalue weighted by molar-refractivity contribution is 7.98. The summed E-state index contributed by atoms with van der Waals surface area (Å²) in [6.07, 6.45) is 1.29. The summed E-state index contributed by atoms with van der Waals surface area (Å²) in [5, 5.41) is 17.9. The summed E-state index contributed by atoms with van der Waals surface area (Å²) >= 11 is 3.09. The molecule has 2 heterocycles. The molecule has 0 amide bonds. The van der Waals surface area contributed by atoms with E-state index in [1.807, 2.05) is 36.4 Å². The number of hydrogen-bond donors (Lipinski definition) is 0. The lowest BCUT2D eigenvalue weighted by Gasteiger charge is -2.03. The highest BCUT2D eigenvalue weighted by Crippen LogP contribution is 2.26. The molecule has 5 rings (SSSR count). The Morgan fingerprint density at radius 2 is 0.941 bits per heavy atom. The predicted octanol–water partition coefficient (Wildman–Crippen LogP) is 6.22. The van der Waals surface area contributed by atoms with Gasteiger partial charge in [0.2, 0.25) is 11.8 Å². The first-order valence-corrected chi connectivity index (χ1v) is 12.8.